The van der Waals surface area contributed by atoms with E-state index < -0.39 is 13.5 Å². The Morgan fingerprint density at radius 1 is 0.368 bits per heavy atom. The average molecular weight is 988 g/mol. The van der Waals surface area contributed by atoms with Crippen LogP contribution in [-0.4, -0.2) is 8.07 Å². The Hall–Kier alpha value is -9.34. The summed E-state index contributed by atoms with van der Waals surface area (Å²) in [6.45, 7) is 6.02. The highest BCUT2D eigenvalue weighted by atomic mass is 28.3. The fraction of sp³-hybridized carbons (Fsp3) is 0.0270. The summed E-state index contributed by atoms with van der Waals surface area (Å²) in [5.74, 6) is 0. The van der Waals surface area contributed by atoms with Crippen LogP contribution in [0.2, 0.25) is 0 Å². The Kier molecular flexibility index (Phi) is 13.1. The maximum absolute atomic E-state index is 3.86. The maximum atomic E-state index is 3.86. The van der Waals surface area contributed by atoms with Crippen molar-refractivity contribution in [3.63, 3.8) is 0 Å². The van der Waals surface area contributed by atoms with Gasteiger partial charge in [-0.05, 0) is 137 Å². The zero-order chi connectivity index (χ0) is 51.3. The van der Waals surface area contributed by atoms with Crippen LogP contribution in [0.15, 0.2) is 322 Å². The van der Waals surface area contributed by atoms with E-state index in [4.69, 9.17) is 0 Å². The molecule has 0 aromatic heterocycles. The quantitative estimate of drug-likeness (QED) is 0.0596. The lowest BCUT2D eigenvalue weighted by molar-refractivity contribution is 0.769. The van der Waals surface area contributed by atoms with Gasteiger partial charge in [-0.25, -0.2) is 0 Å². The largest absolute Gasteiger partial charge is 0.310 e. The minimum atomic E-state index is -2.87. The summed E-state index contributed by atoms with van der Waals surface area (Å²) < 4.78 is 0. The second kappa shape index (κ2) is 20.9. The minimum absolute atomic E-state index is 0.550. The molecule has 0 heterocycles. The van der Waals surface area contributed by atoms with Gasteiger partial charge in [0.05, 0.1) is 5.41 Å². The highest BCUT2D eigenvalue weighted by Gasteiger charge is 2.48. The van der Waals surface area contributed by atoms with Gasteiger partial charge in [0.2, 0.25) is 0 Å². The van der Waals surface area contributed by atoms with Crippen molar-refractivity contribution in [3.05, 3.63) is 350 Å². The first-order valence-electron chi connectivity index (χ1n) is 26.3. The zero-order valence-electron chi connectivity index (χ0n) is 42.7. The summed E-state index contributed by atoms with van der Waals surface area (Å²) in [5, 5.41) is 5.43. The molecule has 0 spiro atoms. The monoisotopic (exact) mass is 987 g/mol. The Balaban J connectivity index is 1.03. The third kappa shape index (κ3) is 8.49. The van der Waals surface area contributed by atoms with Crippen LogP contribution in [0.25, 0.3) is 39.0 Å². The van der Waals surface area contributed by atoms with E-state index in [1.807, 2.05) is 18.2 Å². The van der Waals surface area contributed by atoms with E-state index in [1.54, 1.807) is 0 Å². The van der Waals surface area contributed by atoms with Gasteiger partial charge in [-0.15, -0.1) is 0 Å². The number of allylic oxidation sites excluding steroid dienone is 5. The number of benzene rings is 11. The molecule has 12 rings (SSSR count). The van der Waals surface area contributed by atoms with Gasteiger partial charge in [0, 0.05) is 17.1 Å². The van der Waals surface area contributed by atoms with Gasteiger partial charge in [0.15, 0.2) is 8.07 Å². The number of fused-ring (bicyclic) bond motifs is 3. The first-order chi connectivity index (χ1) is 37.6. The van der Waals surface area contributed by atoms with Gasteiger partial charge in [0.1, 0.15) is 0 Å². The number of rotatable bonds is 14. The summed E-state index contributed by atoms with van der Waals surface area (Å²) in [4.78, 5) is 2.37. The number of nitrogens with zero attached hydrogens (tertiary/aromatic N) is 1. The molecule has 11 aromatic carbocycles. The van der Waals surface area contributed by atoms with Gasteiger partial charge >= 0.3 is 0 Å². The van der Waals surface area contributed by atoms with Crippen LogP contribution in [0.3, 0.4) is 0 Å². The molecule has 1 aliphatic rings. The molecular formula is C74H57NSi. The van der Waals surface area contributed by atoms with E-state index >= 15 is 0 Å². The predicted molar refractivity (Wildman–Crippen MR) is 326 cm³/mol. The maximum Gasteiger partial charge on any atom is 0.179 e. The smallest absolute Gasteiger partial charge is 0.179 e. The molecule has 0 aliphatic heterocycles. The van der Waals surface area contributed by atoms with Crippen molar-refractivity contribution >= 4 is 51.5 Å². The Labute approximate surface area is 449 Å². The van der Waals surface area contributed by atoms with Crippen molar-refractivity contribution < 1.29 is 0 Å². The topological polar surface area (TPSA) is 3.24 Å². The zero-order valence-corrected chi connectivity index (χ0v) is 43.7. The van der Waals surface area contributed by atoms with Crippen molar-refractivity contribution in [3.8, 4) is 33.4 Å². The first kappa shape index (κ1) is 47.6. The second-order valence-electron chi connectivity index (χ2n) is 19.7. The third-order valence-corrected chi connectivity index (χ3v) is 20.2. The van der Waals surface area contributed by atoms with Gasteiger partial charge in [-0.3, -0.25) is 0 Å². The normalized spacial score (nSPS) is 12.7. The van der Waals surface area contributed by atoms with Crippen LogP contribution in [0.4, 0.5) is 17.1 Å². The number of hydrogen-bond acceptors (Lipinski definition) is 1. The molecule has 0 atom stereocenters. The molecule has 0 radical (unpaired) electrons. The molecule has 0 bridgehead atoms. The van der Waals surface area contributed by atoms with Crippen molar-refractivity contribution in [2.45, 2.75) is 12.3 Å². The minimum Gasteiger partial charge on any atom is -0.310 e. The standard InChI is InChI=1S/C74H57NSi/c1-3-4-11-25-55(2)59-28-24-33-65(52-59)75(63-45-40-57(41-46-63)56-26-12-5-13-27-56)64-47-42-58(43-48-64)60-44-50-72-70(53-60)71-54-69(49-51-73(71)74(72,61-29-14-6-15-30-61)62-31-16-7-17-32-62)76(66-34-18-8-19-35-66,67-36-20-9-21-37-67)68-38-22-10-23-39-68/h3-54H,1H2,2H3/b11-4-,55-25+. The molecule has 0 saturated heterocycles. The lowest BCUT2D eigenvalue weighted by atomic mass is 9.67. The summed E-state index contributed by atoms with van der Waals surface area (Å²) in [7, 11) is -2.87. The lowest BCUT2D eigenvalue weighted by Gasteiger charge is -2.36. The van der Waals surface area contributed by atoms with Gasteiger partial charge < -0.3 is 4.90 Å². The van der Waals surface area contributed by atoms with Crippen LogP contribution >= 0.6 is 0 Å². The van der Waals surface area contributed by atoms with E-state index in [2.05, 4.69) is 316 Å². The van der Waals surface area contributed by atoms with E-state index in [0.717, 1.165) is 28.2 Å². The molecule has 0 N–H and O–H groups in total. The Morgan fingerprint density at radius 2 is 0.803 bits per heavy atom. The van der Waals surface area contributed by atoms with Crippen LogP contribution in [0.5, 0.6) is 0 Å². The molecule has 1 aliphatic carbocycles. The van der Waals surface area contributed by atoms with Crippen molar-refractivity contribution in [1.82, 2.24) is 0 Å². The average Bonchev–Trinajstić information content (AvgIpc) is 3.96. The van der Waals surface area contributed by atoms with Crippen LogP contribution < -0.4 is 25.6 Å². The van der Waals surface area contributed by atoms with E-state index in [1.165, 1.54) is 76.4 Å². The molecule has 76 heavy (non-hydrogen) atoms. The fourth-order valence-corrected chi connectivity index (χ4v) is 16.7. The highest BCUT2D eigenvalue weighted by Crippen LogP contribution is 2.56. The Morgan fingerprint density at radius 3 is 1.32 bits per heavy atom. The molecule has 0 saturated carbocycles. The fourth-order valence-electron chi connectivity index (χ4n) is 11.9. The molecule has 362 valence electrons. The number of anilines is 3. The van der Waals surface area contributed by atoms with Crippen LogP contribution in [0.1, 0.15) is 34.7 Å². The van der Waals surface area contributed by atoms with Crippen LogP contribution in [0, 0.1) is 0 Å². The Bertz CT molecular complexity index is 3710. The molecule has 0 fully saturated rings. The second-order valence-corrected chi connectivity index (χ2v) is 23.5. The summed E-state index contributed by atoms with van der Waals surface area (Å²) in [6.07, 6.45) is 7.96. The van der Waals surface area contributed by atoms with E-state index in [9.17, 15) is 0 Å². The highest BCUT2D eigenvalue weighted by molar-refractivity contribution is 7.19. The van der Waals surface area contributed by atoms with Crippen molar-refractivity contribution in [2.75, 3.05) is 4.90 Å². The van der Waals surface area contributed by atoms with Gasteiger partial charge in [-0.2, -0.15) is 0 Å². The predicted octanol–water partition coefficient (Wildman–Crippen LogP) is 16.4. The molecular weight excluding hydrogens is 931 g/mol. The molecule has 11 aromatic rings. The summed E-state index contributed by atoms with van der Waals surface area (Å²) in [5.41, 5.74) is 17.4. The van der Waals surface area contributed by atoms with E-state index in [-0.39, 0.29) is 0 Å². The van der Waals surface area contributed by atoms with Gasteiger partial charge in [0.25, 0.3) is 0 Å². The molecule has 0 amide bonds. The number of hydrogen-bond donors (Lipinski definition) is 0. The molecule has 0 unspecified atom stereocenters. The van der Waals surface area contributed by atoms with Crippen LogP contribution in [-0.2, 0) is 5.41 Å². The third-order valence-electron chi connectivity index (χ3n) is 15.4. The molecule has 2 heteroatoms. The summed E-state index contributed by atoms with van der Waals surface area (Å²) >= 11 is 0. The lowest BCUT2D eigenvalue weighted by Crippen LogP contribution is -2.74. The van der Waals surface area contributed by atoms with Gasteiger partial charge in [-0.1, -0.05) is 280 Å². The summed E-state index contributed by atoms with van der Waals surface area (Å²) in [6, 6.07) is 108. The molecule has 1 nitrogen and oxygen atoms in total. The SMILES string of the molecule is C=C/C=C\C=C(/C)c1cccc(N(c2ccc(-c3ccccc3)cc2)c2ccc(-c3ccc4c(c3)-c3cc([Si](c5ccccc5)(c5ccccc5)c5ccccc5)ccc3C4(c3ccccc3)c3ccccc3)cc2)c1. The van der Waals surface area contributed by atoms with E-state index in [0.29, 0.717) is 0 Å². The van der Waals surface area contributed by atoms with Crippen molar-refractivity contribution in [2.24, 2.45) is 0 Å². The van der Waals surface area contributed by atoms with Crippen molar-refractivity contribution in [1.29, 1.82) is 0 Å². The first-order valence-corrected chi connectivity index (χ1v) is 28.3.